The fourth-order valence-corrected chi connectivity index (χ4v) is 2.01. The molecule has 3 aromatic rings. The minimum absolute atomic E-state index is 0.0109. The van der Waals surface area contributed by atoms with Crippen LogP contribution in [0.3, 0.4) is 0 Å². The molecule has 21 heavy (non-hydrogen) atoms. The Morgan fingerprint density at radius 1 is 1.14 bits per heavy atom. The SMILES string of the molecule is Cc1cc(NC(C)c2cn(-c3ccccc3)nn2)ncn1. The van der Waals surface area contributed by atoms with Gasteiger partial charge in [0.1, 0.15) is 17.8 Å². The van der Waals surface area contributed by atoms with E-state index in [1.54, 1.807) is 11.0 Å². The molecule has 0 saturated carbocycles. The van der Waals surface area contributed by atoms with Gasteiger partial charge >= 0.3 is 0 Å². The first-order valence-electron chi connectivity index (χ1n) is 6.75. The molecular formula is C15H16N6. The summed E-state index contributed by atoms with van der Waals surface area (Å²) in [4.78, 5) is 8.27. The van der Waals surface area contributed by atoms with Crippen LogP contribution in [0, 0.1) is 6.92 Å². The average Bonchev–Trinajstić information content (AvgIpc) is 2.98. The lowest BCUT2D eigenvalue weighted by Gasteiger charge is -2.11. The third-order valence-electron chi connectivity index (χ3n) is 3.14. The van der Waals surface area contributed by atoms with Crippen LogP contribution in [-0.4, -0.2) is 25.0 Å². The monoisotopic (exact) mass is 280 g/mol. The van der Waals surface area contributed by atoms with Gasteiger partial charge in [0, 0.05) is 11.8 Å². The van der Waals surface area contributed by atoms with E-state index in [0.717, 1.165) is 22.9 Å². The van der Waals surface area contributed by atoms with Crippen LogP contribution in [0.2, 0.25) is 0 Å². The van der Waals surface area contributed by atoms with Gasteiger partial charge in [0.25, 0.3) is 0 Å². The van der Waals surface area contributed by atoms with Crippen molar-refractivity contribution in [3.05, 3.63) is 60.3 Å². The van der Waals surface area contributed by atoms with E-state index in [-0.39, 0.29) is 6.04 Å². The van der Waals surface area contributed by atoms with Crippen LogP contribution in [0.5, 0.6) is 0 Å². The highest BCUT2D eigenvalue weighted by Crippen LogP contribution is 2.16. The van der Waals surface area contributed by atoms with Crippen LogP contribution in [0.4, 0.5) is 5.82 Å². The predicted molar refractivity (Wildman–Crippen MR) is 80.2 cm³/mol. The maximum absolute atomic E-state index is 4.22. The van der Waals surface area contributed by atoms with Gasteiger partial charge in [-0.1, -0.05) is 23.4 Å². The molecule has 3 rings (SSSR count). The van der Waals surface area contributed by atoms with Gasteiger partial charge < -0.3 is 5.32 Å². The summed E-state index contributed by atoms with van der Waals surface area (Å²) in [6.07, 6.45) is 3.46. The van der Waals surface area contributed by atoms with Crippen LogP contribution >= 0.6 is 0 Å². The number of nitrogens with zero attached hydrogens (tertiary/aromatic N) is 5. The van der Waals surface area contributed by atoms with E-state index in [1.165, 1.54) is 0 Å². The minimum Gasteiger partial charge on any atom is -0.362 e. The maximum Gasteiger partial charge on any atom is 0.130 e. The first-order chi connectivity index (χ1) is 10.2. The number of hydrogen-bond acceptors (Lipinski definition) is 5. The number of benzene rings is 1. The first-order valence-corrected chi connectivity index (χ1v) is 6.75. The summed E-state index contributed by atoms with van der Waals surface area (Å²) in [6.45, 7) is 3.96. The van der Waals surface area contributed by atoms with Crippen molar-refractivity contribution in [3.63, 3.8) is 0 Å². The Kier molecular flexibility index (Phi) is 3.59. The standard InChI is InChI=1S/C15H16N6/c1-11-8-15(17-10-16-11)18-12(2)14-9-21(20-19-14)13-6-4-3-5-7-13/h3-10,12H,1-2H3,(H,16,17,18). The molecule has 0 aliphatic rings. The number of para-hydroxylation sites is 1. The minimum atomic E-state index is 0.0109. The van der Waals surface area contributed by atoms with Crippen molar-refractivity contribution in [2.24, 2.45) is 0 Å². The molecule has 1 atom stereocenters. The molecule has 106 valence electrons. The topological polar surface area (TPSA) is 68.5 Å². The van der Waals surface area contributed by atoms with Gasteiger partial charge in [-0.25, -0.2) is 14.6 Å². The van der Waals surface area contributed by atoms with Gasteiger partial charge in [0.2, 0.25) is 0 Å². The zero-order chi connectivity index (χ0) is 14.7. The second-order valence-electron chi connectivity index (χ2n) is 4.83. The maximum atomic E-state index is 4.22. The summed E-state index contributed by atoms with van der Waals surface area (Å²) >= 11 is 0. The van der Waals surface area contributed by atoms with Gasteiger partial charge in [-0.05, 0) is 26.0 Å². The van der Waals surface area contributed by atoms with Crippen molar-refractivity contribution in [3.8, 4) is 5.69 Å². The molecule has 1 aromatic carbocycles. The van der Waals surface area contributed by atoms with Gasteiger partial charge in [-0.3, -0.25) is 0 Å². The van der Waals surface area contributed by atoms with Gasteiger partial charge in [-0.2, -0.15) is 0 Å². The van der Waals surface area contributed by atoms with Gasteiger partial charge in [0.15, 0.2) is 0 Å². The molecule has 1 N–H and O–H groups in total. The van der Waals surface area contributed by atoms with Crippen molar-refractivity contribution >= 4 is 5.82 Å². The molecule has 0 aliphatic heterocycles. The number of nitrogens with one attached hydrogen (secondary N) is 1. The van der Waals surface area contributed by atoms with Crippen LogP contribution < -0.4 is 5.32 Å². The molecule has 6 heteroatoms. The quantitative estimate of drug-likeness (QED) is 0.795. The smallest absolute Gasteiger partial charge is 0.130 e. The molecule has 0 bridgehead atoms. The van der Waals surface area contributed by atoms with Crippen LogP contribution in [0.1, 0.15) is 24.4 Å². The average molecular weight is 280 g/mol. The molecule has 2 aromatic heterocycles. The lowest BCUT2D eigenvalue weighted by Crippen LogP contribution is -2.08. The van der Waals surface area contributed by atoms with Gasteiger partial charge in [-0.15, -0.1) is 5.10 Å². The number of aryl methyl sites for hydroxylation is 1. The molecule has 0 spiro atoms. The van der Waals surface area contributed by atoms with Crippen molar-refractivity contribution in [1.82, 2.24) is 25.0 Å². The molecule has 1 unspecified atom stereocenters. The van der Waals surface area contributed by atoms with E-state index in [4.69, 9.17) is 0 Å². The van der Waals surface area contributed by atoms with E-state index in [0.29, 0.717) is 0 Å². The molecule has 6 nitrogen and oxygen atoms in total. The van der Waals surface area contributed by atoms with Gasteiger partial charge in [0.05, 0.1) is 17.9 Å². The third-order valence-corrected chi connectivity index (χ3v) is 3.14. The van der Waals surface area contributed by atoms with Crippen molar-refractivity contribution < 1.29 is 0 Å². The zero-order valence-corrected chi connectivity index (χ0v) is 11.9. The van der Waals surface area contributed by atoms with Crippen LogP contribution in [0.15, 0.2) is 48.9 Å². The van der Waals surface area contributed by atoms with Crippen molar-refractivity contribution in [1.29, 1.82) is 0 Å². The Morgan fingerprint density at radius 2 is 1.95 bits per heavy atom. The summed E-state index contributed by atoms with van der Waals surface area (Å²) in [6, 6.07) is 11.8. The number of anilines is 1. The van der Waals surface area contributed by atoms with Crippen molar-refractivity contribution in [2.75, 3.05) is 5.32 Å². The van der Waals surface area contributed by atoms with E-state index < -0.39 is 0 Å². The number of hydrogen-bond donors (Lipinski definition) is 1. The Balaban J connectivity index is 1.77. The largest absolute Gasteiger partial charge is 0.362 e. The Labute approximate surface area is 122 Å². The summed E-state index contributed by atoms with van der Waals surface area (Å²) in [5.41, 5.74) is 2.77. The number of aromatic nitrogens is 5. The third kappa shape index (κ3) is 3.05. The molecule has 0 saturated heterocycles. The first kappa shape index (κ1) is 13.2. The second kappa shape index (κ2) is 5.70. The van der Waals surface area contributed by atoms with E-state index in [1.807, 2.05) is 56.4 Å². The molecular weight excluding hydrogens is 264 g/mol. The van der Waals surface area contributed by atoms with Crippen LogP contribution in [0.25, 0.3) is 5.69 Å². The predicted octanol–water partition coefficient (Wildman–Crippen LogP) is 2.54. The second-order valence-corrected chi connectivity index (χ2v) is 4.83. The summed E-state index contributed by atoms with van der Waals surface area (Å²) < 4.78 is 1.76. The zero-order valence-electron chi connectivity index (χ0n) is 11.9. The van der Waals surface area contributed by atoms with E-state index >= 15 is 0 Å². The molecule has 0 aliphatic carbocycles. The van der Waals surface area contributed by atoms with E-state index in [2.05, 4.69) is 25.6 Å². The highest BCUT2D eigenvalue weighted by molar-refractivity contribution is 5.37. The van der Waals surface area contributed by atoms with Crippen LogP contribution in [-0.2, 0) is 0 Å². The Bertz CT molecular complexity index is 722. The lowest BCUT2D eigenvalue weighted by atomic mass is 10.2. The summed E-state index contributed by atoms with van der Waals surface area (Å²) in [7, 11) is 0. The fourth-order valence-electron chi connectivity index (χ4n) is 2.01. The molecule has 0 fully saturated rings. The summed E-state index contributed by atoms with van der Waals surface area (Å²) in [5, 5.41) is 11.7. The normalized spacial score (nSPS) is 12.1. The Morgan fingerprint density at radius 3 is 2.71 bits per heavy atom. The van der Waals surface area contributed by atoms with Crippen molar-refractivity contribution in [2.45, 2.75) is 19.9 Å². The highest BCUT2D eigenvalue weighted by Gasteiger charge is 2.11. The van der Waals surface area contributed by atoms with E-state index in [9.17, 15) is 0 Å². The molecule has 2 heterocycles. The lowest BCUT2D eigenvalue weighted by molar-refractivity contribution is 0.779. The molecule has 0 radical (unpaired) electrons. The molecule has 0 amide bonds. The number of rotatable bonds is 4. The fraction of sp³-hybridized carbons (Fsp3) is 0.200. The Hall–Kier alpha value is -2.76. The summed E-state index contributed by atoms with van der Waals surface area (Å²) in [5.74, 6) is 0.782. The highest BCUT2D eigenvalue weighted by atomic mass is 15.4.